The molecule has 0 fully saturated rings. The van der Waals surface area contributed by atoms with Crippen LogP contribution in [0.5, 0.6) is 5.75 Å². The van der Waals surface area contributed by atoms with E-state index in [4.69, 9.17) is 37.7 Å². The van der Waals surface area contributed by atoms with E-state index in [0.29, 0.717) is 17.0 Å². The van der Waals surface area contributed by atoms with Crippen molar-refractivity contribution in [1.82, 2.24) is 5.16 Å². The predicted molar refractivity (Wildman–Crippen MR) is 118 cm³/mol. The highest BCUT2D eigenvalue weighted by Gasteiger charge is 2.30. The van der Waals surface area contributed by atoms with Crippen molar-refractivity contribution in [1.29, 1.82) is 5.26 Å². The van der Waals surface area contributed by atoms with Gasteiger partial charge in [-0.05, 0) is 19.1 Å². The second kappa shape index (κ2) is 8.97. The lowest BCUT2D eigenvalue weighted by Gasteiger charge is -2.22. The number of hydrazone groups is 1. The van der Waals surface area contributed by atoms with Crippen molar-refractivity contribution in [3.63, 3.8) is 0 Å². The van der Waals surface area contributed by atoms with Crippen molar-refractivity contribution < 1.29 is 23.6 Å². The summed E-state index contributed by atoms with van der Waals surface area (Å²) in [6.45, 7) is 1.65. The summed E-state index contributed by atoms with van der Waals surface area (Å²) in [6, 6.07) is 6.08. The Morgan fingerprint density at radius 1 is 1.18 bits per heavy atom. The van der Waals surface area contributed by atoms with Gasteiger partial charge in [0.25, 0.3) is 5.91 Å². The number of rotatable bonds is 4. The summed E-state index contributed by atoms with van der Waals surface area (Å²) in [5.74, 6) is -0.800. The number of hydrogen-bond donors (Lipinski definition) is 0. The van der Waals surface area contributed by atoms with Gasteiger partial charge in [0.1, 0.15) is 18.4 Å². The topological polar surface area (TPSA) is 138 Å². The molecule has 0 spiro atoms. The summed E-state index contributed by atoms with van der Waals surface area (Å²) < 4.78 is 10.9. The van der Waals surface area contributed by atoms with Crippen LogP contribution in [-0.4, -0.2) is 40.8 Å². The predicted octanol–water partition coefficient (Wildman–Crippen LogP) is 3.00. The number of ether oxygens (including phenoxy) is 1. The number of aromatic nitrogens is 1. The number of carbonyl (C=O) groups excluding carboxylic acids is 3. The van der Waals surface area contributed by atoms with E-state index in [0.717, 1.165) is 5.01 Å². The number of aryl methyl sites for hydroxylation is 1. The molecule has 33 heavy (non-hydrogen) atoms. The fourth-order valence-corrected chi connectivity index (χ4v) is 3.64. The second-order valence-electron chi connectivity index (χ2n) is 7.07. The number of Topliss-reactive ketones (excluding diaryl/α,β-unsaturated/α-hetero) is 2. The molecule has 10 nitrogen and oxygen atoms in total. The highest BCUT2D eigenvalue weighted by Crippen LogP contribution is 2.38. The van der Waals surface area contributed by atoms with Crippen LogP contribution >= 0.6 is 23.2 Å². The lowest BCUT2D eigenvalue weighted by molar-refractivity contribution is -0.124. The van der Waals surface area contributed by atoms with E-state index >= 15 is 0 Å². The monoisotopic (exact) mass is 485 g/mol. The molecule has 0 radical (unpaired) electrons. The van der Waals surface area contributed by atoms with Gasteiger partial charge in [0.15, 0.2) is 11.5 Å². The molecule has 1 aromatic heterocycles. The zero-order valence-electron chi connectivity index (χ0n) is 17.0. The van der Waals surface area contributed by atoms with E-state index in [1.54, 1.807) is 19.1 Å². The molecule has 2 aliphatic rings. The Kier molecular flexibility index (Phi) is 6.09. The molecule has 12 heteroatoms. The fraction of sp³-hybridized carbons (Fsp3) is 0.190. The van der Waals surface area contributed by atoms with E-state index in [1.165, 1.54) is 18.2 Å². The maximum Gasteiger partial charge on any atom is 0.255 e. The Hall–Kier alpha value is -3.81. The Balaban J connectivity index is 1.59. The number of hydrogen-bond acceptors (Lipinski definition) is 9. The number of aliphatic imine (C=N–C) groups is 1. The summed E-state index contributed by atoms with van der Waals surface area (Å²) in [4.78, 5) is 40.2. The third-order valence-electron chi connectivity index (χ3n) is 4.63. The second-order valence-corrected chi connectivity index (χ2v) is 7.88. The van der Waals surface area contributed by atoms with Crippen molar-refractivity contribution in [2.24, 2.45) is 10.1 Å². The highest BCUT2D eigenvalue weighted by molar-refractivity contribution is 6.50. The number of nitrogens with zero attached hydrogens (tertiary/aromatic N) is 5. The minimum Gasteiger partial charge on any atom is -0.436 e. The van der Waals surface area contributed by atoms with Crippen molar-refractivity contribution in [2.45, 2.75) is 19.8 Å². The minimum atomic E-state index is -0.663. The SMILES string of the molecule is Cc1cc(CC2=CC(Oc3c(Cl)cc(N4N=C(C#N)C(=O)CC4=O)cc3Cl)=NCC2=O)on1. The minimum absolute atomic E-state index is 0.0244. The molecule has 0 saturated heterocycles. The van der Waals surface area contributed by atoms with Crippen molar-refractivity contribution in [3.8, 4) is 11.8 Å². The highest BCUT2D eigenvalue weighted by atomic mass is 35.5. The van der Waals surface area contributed by atoms with Gasteiger partial charge in [-0.3, -0.25) is 14.4 Å². The van der Waals surface area contributed by atoms with Gasteiger partial charge in [-0.2, -0.15) is 15.4 Å². The standard InChI is InChI=1S/C21H13Cl2N5O5/c1-10-2-13(33-27-10)3-11-4-19(25-9-18(11)30)32-21-14(22)5-12(6-15(21)23)28-20(31)7-17(29)16(8-24)26-28/h2,4-6H,3,7,9H2,1H3. The molecular weight excluding hydrogens is 473 g/mol. The normalized spacial score (nSPS) is 16.2. The van der Waals surface area contributed by atoms with Crippen LogP contribution in [0, 0.1) is 18.3 Å². The van der Waals surface area contributed by atoms with E-state index in [2.05, 4.69) is 15.3 Å². The van der Waals surface area contributed by atoms with Crippen LogP contribution in [0.15, 0.2) is 44.5 Å². The molecule has 1 aromatic carbocycles. The molecule has 0 N–H and O–H groups in total. The van der Waals surface area contributed by atoms with Crippen LogP contribution in [0.4, 0.5) is 5.69 Å². The number of carbonyl (C=O) groups is 3. The third kappa shape index (κ3) is 4.69. The van der Waals surface area contributed by atoms with Crippen LogP contribution < -0.4 is 9.75 Å². The molecule has 0 saturated carbocycles. The number of benzene rings is 1. The average molecular weight is 486 g/mol. The summed E-state index contributed by atoms with van der Waals surface area (Å²) in [5.41, 5.74) is 0.866. The molecular formula is C21H13Cl2N5O5. The largest absolute Gasteiger partial charge is 0.436 e. The molecule has 4 rings (SSSR count). The number of anilines is 1. The Labute approximate surface area is 196 Å². The molecule has 1 amide bonds. The van der Waals surface area contributed by atoms with Gasteiger partial charge >= 0.3 is 0 Å². The maximum absolute atomic E-state index is 12.2. The summed E-state index contributed by atoms with van der Waals surface area (Å²) in [7, 11) is 0. The molecule has 3 heterocycles. The van der Waals surface area contributed by atoms with Crippen molar-refractivity contribution in [2.75, 3.05) is 11.6 Å². The van der Waals surface area contributed by atoms with Gasteiger partial charge < -0.3 is 9.26 Å². The van der Waals surface area contributed by atoms with Gasteiger partial charge in [0, 0.05) is 24.1 Å². The summed E-state index contributed by atoms with van der Waals surface area (Å²) >= 11 is 12.6. The Morgan fingerprint density at radius 3 is 2.55 bits per heavy atom. The smallest absolute Gasteiger partial charge is 0.255 e. The van der Waals surface area contributed by atoms with E-state index < -0.39 is 23.8 Å². The number of halogens is 2. The lowest BCUT2D eigenvalue weighted by Crippen LogP contribution is -2.36. The Morgan fingerprint density at radius 2 is 1.91 bits per heavy atom. The first-order valence-electron chi connectivity index (χ1n) is 9.47. The van der Waals surface area contributed by atoms with Gasteiger partial charge in [-0.1, -0.05) is 28.4 Å². The number of ketones is 2. The van der Waals surface area contributed by atoms with Gasteiger partial charge in [-0.25, -0.2) is 4.99 Å². The average Bonchev–Trinajstić information content (AvgIpc) is 3.17. The zero-order valence-corrected chi connectivity index (χ0v) is 18.5. The number of amides is 1. The first-order valence-corrected chi connectivity index (χ1v) is 10.2. The van der Waals surface area contributed by atoms with E-state index in [1.807, 2.05) is 0 Å². The molecule has 0 aliphatic carbocycles. The molecule has 0 unspecified atom stereocenters. The van der Waals surface area contributed by atoms with Gasteiger partial charge in [0.2, 0.25) is 17.4 Å². The Bertz CT molecular complexity index is 1310. The molecule has 2 aromatic rings. The zero-order chi connectivity index (χ0) is 23.7. The first kappa shape index (κ1) is 22.4. The van der Waals surface area contributed by atoms with Crippen molar-refractivity contribution in [3.05, 3.63) is 51.3 Å². The number of nitriles is 1. The van der Waals surface area contributed by atoms with Crippen LogP contribution in [0.2, 0.25) is 10.0 Å². The molecule has 0 atom stereocenters. The number of dihydropyridines is 1. The van der Waals surface area contributed by atoms with Crippen LogP contribution in [-0.2, 0) is 20.8 Å². The van der Waals surface area contributed by atoms with E-state index in [-0.39, 0.29) is 46.1 Å². The van der Waals surface area contributed by atoms with Gasteiger partial charge in [-0.15, -0.1) is 0 Å². The molecule has 166 valence electrons. The fourth-order valence-electron chi connectivity index (χ4n) is 3.09. The maximum atomic E-state index is 12.2. The quantitative estimate of drug-likeness (QED) is 0.606. The first-order chi connectivity index (χ1) is 15.7. The summed E-state index contributed by atoms with van der Waals surface area (Å²) in [6.07, 6.45) is 1.19. The molecule has 2 aliphatic heterocycles. The molecule has 0 bridgehead atoms. The van der Waals surface area contributed by atoms with E-state index in [9.17, 15) is 14.4 Å². The van der Waals surface area contributed by atoms with Crippen LogP contribution in [0.1, 0.15) is 17.9 Å². The summed E-state index contributed by atoms with van der Waals surface area (Å²) in [5, 5.41) is 17.5. The van der Waals surface area contributed by atoms with Crippen molar-refractivity contribution >= 4 is 58.0 Å². The van der Waals surface area contributed by atoms with Gasteiger partial charge in [0.05, 0.1) is 27.8 Å². The third-order valence-corrected chi connectivity index (χ3v) is 5.19. The van der Waals surface area contributed by atoms with Crippen LogP contribution in [0.25, 0.3) is 0 Å². The van der Waals surface area contributed by atoms with Crippen LogP contribution in [0.3, 0.4) is 0 Å². The lowest BCUT2D eigenvalue weighted by atomic mass is 10.0.